The Labute approximate surface area is 380 Å². The summed E-state index contributed by atoms with van der Waals surface area (Å²) in [7, 11) is 0. The van der Waals surface area contributed by atoms with Gasteiger partial charge >= 0.3 is 6.18 Å². The molecule has 10 rings (SSSR count). The highest BCUT2D eigenvalue weighted by Gasteiger charge is 2.29. The minimum Gasteiger partial charge on any atom is -0.207 e. The molecule has 0 aliphatic heterocycles. The summed E-state index contributed by atoms with van der Waals surface area (Å²) < 4.78 is 68.8. The minimum atomic E-state index is -4.34. The summed E-state index contributed by atoms with van der Waals surface area (Å²) in [5.41, 5.74) is 7.23. The number of thiophene rings is 2. The molecule has 0 unspecified atom stereocenters. The van der Waals surface area contributed by atoms with Crippen LogP contribution in [0.25, 0.3) is 40.3 Å². The summed E-state index contributed by atoms with van der Waals surface area (Å²) in [4.78, 5) is 0. The van der Waals surface area contributed by atoms with Crippen molar-refractivity contribution in [3.05, 3.63) is 237 Å². The molecule has 310 valence electrons. The summed E-state index contributed by atoms with van der Waals surface area (Å²) >= 11 is 3.38. The van der Waals surface area contributed by atoms with E-state index in [9.17, 15) is 22.0 Å². The van der Waals surface area contributed by atoms with Gasteiger partial charge in [0.1, 0.15) is 11.6 Å². The number of alkyl halides is 3. The van der Waals surface area contributed by atoms with Gasteiger partial charge in [0.2, 0.25) is 0 Å². The van der Waals surface area contributed by atoms with E-state index >= 15 is 0 Å². The monoisotopic (exact) mass is 886 g/mol. The van der Waals surface area contributed by atoms with Crippen LogP contribution in [0, 0.1) is 65.9 Å². The average Bonchev–Trinajstić information content (AvgIpc) is 3.87. The van der Waals surface area contributed by atoms with Crippen LogP contribution in [0.1, 0.15) is 55.6 Å². The number of benzene rings is 8. The van der Waals surface area contributed by atoms with Crippen molar-refractivity contribution >= 4 is 63.0 Å². The van der Waals surface area contributed by atoms with E-state index in [2.05, 4.69) is 103 Å². The van der Waals surface area contributed by atoms with E-state index in [1.54, 1.807) is 46.9 Å². The second-order valence-electron chi connectivity index (χ2n) is 15.0. The molecule has 7 heteroatoms. The first kappa shape index (κ1) is 42.4. The molecule has 0 saturated heterocycles. The third-order valence-corrected chi connectivity index (χ3v) is 12.5. The van der Waals surface area contributed by atoms with Crippen molar-refractivity contribution in [1.82, 2.24) is 0 Å². The molecule has 0 aliphatic carbocycles. The van der Waals surface area contributed by atoms with Crippen LogP contribution in [0.3, 0.4) is 0 Å². The molecule has 0 atom stereocenters. The summed E-state index contributed by atoms with van der Waals surface area (Å²) in [5.74, 6) is 24.4. The molecule has 0 aliphatic rings. The van der Waals surface area contributed by atoms with Crippen LogP contribution in [0.4, 0.5) is 22.0 Å². The van der Waals surface area contributed by atoms with Gasteiger partial charge in [-0.05, 0) is 140 Å². The third-order valence-electron chi connectivity index (χ3n) is 10.3. The predicted molar refractivity (Wildman–Crippen MR) is 258 cm³/mol. The van der Waals surface area contributed by atoms with Crippen LogP contribution >= 0.6 is 22.7 Å². The third kappa shape index (κ3) is 10.3. The number of hydrogen-bond acceptors (Lipinski definition) is 2. The Kier molecular flexibility index (Phi) is 12.0. The van der Waals surface area contributed by atoms with Crippen molar-refractivity contribution in [2.45, 2.75) is 13.1 Å². The summed E-state index contributed by atoms with van der Waals surface area (Å²) in [6.07, 6.45) is -4.34. The Morgan fingerprint density at radius 2 is 0.569 bits per heavy atom. The first-order chi connectivity index (χ1) is 31.5. The molecule has 0 nitrogen and oxygen atoms in total. The molecule has 0 spiro atoms. The zero-order valence-electron chi connectivity index (χ0n) is 34.4. The number of aryl methyl sites for hydroxylation is 1. The Morgan fingerprint density at radius 1 is 0.323 bits per heavy atom. The Hall–Kier alpha value is -7.91. The highest BCUT2D eigenvalue weighted by atomic mass is 32.1. The Bertz CT molecular complexity index is 3540. The average molecular weight is 887 g/mol. The molecule has 2 heterocycles. The Balaban J connectivity index is 0.000000165. The molecule has 2 aromatic heterocycles. The fraction of sp³-hybridized carbons (Fsp3) is 0.0345. The molecular weight excluding hydrogens is 856 g/mol. The van der Waals surface area contributed by atoms with Crippen LogP contribution in [0.15, 0.2) is 170 Å². The van der Waals surface area contributed by atoms with Gasteiger partial charge in [-0.15, -0.1) is 22.7 Å². The maximum absolute atomic E-state index is 13.0. The van der Waals surface area contributed by atoms with Crippen LogP contribution in [0.5, 0.6) is 0 Å². The lowest BCUT2D eigenvalue weighted by atomic mass is 10.1. The highest BCUT2D eigenvalue weighted by Crippen LogP contribution is 2.36. The fourth-order valence-corrected chi connectivity index (χ4v) is 9.26. The van der Waals surface area contributed by atoms with Crippen LogP contribution in [-0.2, 0) is 6.18 Å². The standard InChI is InChI=1S/C30H17F3S.C28H14F2S/c1-20-2-4-21(5-3-20)6-8-23-12-16-26-27-17-13-24(19-29(27)34-28(26)18-23)9-7-22-10-14-25(15-11-22)30(31,32)33;29-23-11-5-19(6-12-23)1-3-21-9-15-25-26-16-10-22(18-28(26)31-27(25)17-21)4-2-20-7-13-24(30)14-8-20/h2-5,10-19H,1H3;5-18H. The molecule has 65 heavy (non-hydrogen) atoms. The quantitative estimate of drug-likeness (QED) is 0.105. The number of fused-ring (bicyclic) bond motifs is 6. The van der Waals surface area contributed by atoms with E-state index in [-0.39, 0.29) is 11.6 Å². The molecule has 0 saturated carbocycles. The van der Waals surface area contributed by atoms with Crippen molar-refractivity contribution in [1.29, 1.82) is 0 Å². The van der Waals surface area contributed by atoms with Gasteiger partial charge in [0, 0.05) is 84.9 Å². The van der Waals surface area contributed by atoms with E-state index in [1.807, 2.05) is 48.5 Å². The van der Waals surface area contributed by atoms with Gasteiger partial charge in [0.25, 0.3) is 0 Å². The summed E-state index contributed by atoms with van der Waals surface area (Å²) in [6.45, 7) is 2.05. The van der Waals surface area contributed by atoms with E-state index in [1.165, 1.54) is 58.1 Å². The zero-order chi connectivity index (χ0) is 44.9. The lowest BCUT2D eigenvalue weighted by Crippen LogP contribution is -2.04. The minimum absolute atomic E-state index is 0.265. The maximum atomic E-state index is 13.0. The first-order valence-electron chi connectivity index (χ1n) is 20.2. The van der Waals surface area contributed by atoms with Gasteiger partial charge in [0.15, 0.2) is 0 Å². The molecule has 0 radical (unpaired) electrons. The predicted octanol–water partition coefficient (Wildman–Crippen LogP) is 15.3. The SMILES string of the molecule is Cc1ccc(C#Cc2ccc3c(c2)sc2cc(C#Cc4ccc(C(F)(F)F)cc4)ccc23)cc1.Fc1ccc(C#Cc2ccc3c(c2)sc2cc(C#Cc4ccc(F)cc4)ccc23)cc1. The molecule has 0 N–H and O–H groups in total. The largest absolute Gasteiger partial charge is 0.416 e. The first-order valence-corrected chi connectivity index (χ1v) is 21.9. The number of halogens is 5. The topological polar surface area (TPSA) is 0 Å². The van der Waals surface area contributed by atoms with Crippen molar-refractivity contribution in [3.8, 4) is 47.4 Å². The molecule has 0 fully saturated rings. The van der Waals surface area contributed by atoms with E-state index < -0.39 is 11.7 Å². The van der Waals surface area contributed by atoms with Crippen LogP contribution in [0.2, 0.25) is 0 Å². The molecule has 10 aromatic rings. The summed E-state index contributed by atoms with van der Waals surface area (Å²) in [5, 5.41) is 4.69. The summed E-state index contributed by atoms with van der Waals surface area (Å²) in [6, 6.07) is 50.0. The van der Waals surface area contributed by atoms with E-state index in [0.717, 1.165) is 75.3 Å². The van der Waals surface area contributed by atoms with Gasteiger partial charge in [-0.2, -0.15) is 13.2 Å². The van der Waals surface area contributed by atoms with E-state index in [4.69, 9.17) is 0 Å². The van der Waals surface area contributed by atoms with Crippen molar-refractivity contribution < 1.29 is 22.0 Å². The highest BCUT2D eigenvalue weighted by molar-refractivity contribution is 7.26. The van der Waals surface area contributed by atoms with Crippen molar-refractivity contribution in [2.24, 2.45) is 0 Å². The lowest BCUT2D eigenvalue weighted by Gasteiger charge is -2.05. The lowest BCUT2D eigenvalue weighted by molar-refractivity contribution is -0.137. The van der Waals surface area contributed by atoms with Gasteiger partial charge in [0.05, 0.1) is 5.56 Å². The van der Waals surface area contributed by atoms with Crippen molar-refractivity contribution in [2.75, 3.05) is 0 Å². The molecule has 0 amide bonds. The Morgan fingerprint density at radius 3 is 0.862 bits per heavy atom. The van der Waals surface area contributed by atoms with Gasteiger partial charge in [-0.25, -0.2) is 8.78 Å². The van der Waals surface area contributed by atoms with Gasteiger partial charge in [-0.1, -0.05) is 89.3 Å². The normalized spacial score (nSPS) is 10.7. The second kappa shape index (κ2) is 18.4. The second-order valence-corrected chi connectivity index (χ2v) is 17.2. The van der Waals surface area contributed by atoms with Crippen LogP contribution < -0.4 is 0 Å². The van der Waals surface area contributed by atoms with Crippen LogP contribution in [-0.4, -0.2) is 0 Å². The molecule has 8 aromatic carbocycles. The zero-order valence-corrected chi connectivity index (χ0v) is 36.0. The van der Waals surface area contributed by atoms with Crippen molar-refractivity contribution in [3.63, 3.8) is 0 Å². The number of hydrogen-bond donors (Lipinski definition) is 0. The molecule has 0 bridgehead atoms. The van der Waals surface area contributed by atoms with E-state index in [0.29, 0.717) is 5.56 Å². The fourth-order valence-electron chi connectivity index (χ4n) is 6.89. The maximum Gasteiger partial charge on any atom is 0.416 e. The van der Waals surface area contributed by atoms with Gasteiger partial charge < -0.3 is 0 Å². The van der Waals surface area contributed by atoms with Gasteiger partial charge in [-0.3, -0.25) is 0 Å². The number of rotatable bonds is 0. The molecular formula is C58H31F5S2. The smallest absolute Gasteiger partial charge is 0.207 e.